The van der Waals surface area contributed by atoms with E-state index < -0.39 is 0 Å². The molecule has 0 spiro atoms. The van der Waals surface area contributed by atoms with Crippen LogP contribution in [0, 0.1) is 11.8 Å². The first-order valence-electron chi connectivity index (χ1n) is 13.3. The summed E-state index contributed by atoms with van der Waals surface area (Å²) in [6.07, 6.45) is 18.2. The SMILES string of the molecule is O=C(NCc1cnccn1)C(CCCCn1cc(-c2ccccc2)c2cccnc21)C1CCCCC1. The number of pyridine rings is 1. The third-order valence-corrected chi connectivity index (χ3v) is 7.50. The van der Waals surface area contributed by atoms with E-state index in [4.69, 9.17) is 0 Å². The molecule has 4 aromatic rings. The van der Waals surface area contributed by atoms with Gasteiger partial charge in [-0.15, -0.1) is 0 Å². The Hall–Kier alpha value is -3.54. The molecule has 1 aliphatic carbocycles. The Kier molecular flexibility index (Phi) is 8.01. The van der Waals surface area contributed by atoms with E-state index in [9.17, 15) is 4.79 Å². The predicted molar refractivity (Wildman–Crippen MR) is 143 cm³/mol. The van der Waals surface area contributed by atoms with E-state index in [1.54, 1.807) is 18.6 Å². The summed E-state index contributed by atoms with van der Waals surface area (Å²) in [5.74, 6) is 0.729. The highest BCUT2D eigenvalue weighted by atomic mass is 16.1. The van der Waals surface area contributed by atoms with Gasteiger partial charge in [-0.25, -0.2) is 4.98 Å². The normalized spacial score (nSPS) is 15.1. The maximum Gasteiger partial charge on any atom is 0.223 e. The van der Waals surface area contributed by atoms with Gasteiger partial charge in [-0.05, 0) is 49.3 Å². The van der Waals surface area contributed by atoms with Gasteiger partial charge in [0, 0.05) is 48.2 Å². The number of aromatic nitrogens is 4. The molecule has 0 bridgehead atoms. The molecule has 1 amide bonds. The van der Waals surface area contributed by atoms with Crippen LogP contribution in [0.1, 0.15) is 57.1 Å². The molecule has 1 fully saturated rings. The van der Waals surface area contributed by atoms with Crippen molar-refractivity contribution in [1.29, 1.82) is 0 Å². The van der Waals surface area contributed by atoms with Gasteiger partial charge in [0.15, 0.2) is 0 Å². The lowest BCUT2D eigenvalue weighted by Gasteiger charge is -2.29. The Bertz CT molecular complexity index is 1250. The number of amides is 1. The summed E-state index contributed by atoms with van der Waals surface area (Å²) in [6.45, 7) is 1.35. The average molecular weight is 482 g/mol. The van der Waals surface area contributed by atoms with E-state index >= 15 is 0 Å². The minimum absolute atomic E-state index is 0.0707. The third-order valence-electron chi connectivity index (χ3n) is 7.50. The number of aryl methyl sites for hydroxylation is 1. The Morgan fingerprint density at radius 1 is 0.972 bits per heavy atom. The Morgan fingerprint density at radius 3 is 2.64 bits per heavy atom. The largest absolute Gasteiger partial charge is 0.350 e. The van der Waals surface area contributed by atoms with Crippen molar-refractivity contribution in [2.75, 3.05) is 0 Å². The van der Waals surface area contributed by atoms with Crippen LogP contribution >= 0.6 is 0 Å². The molecule has 1 aromatic carbocycles. The number of unbranched alkanes of at least 4 members (excludes halogenated alkanes) is 1. The van der Waals surface area contributed by atoms with E-state index in [-0.39, 0.29) is 11.8 Å². The van der Waals surface area contributed by atoms with Gasteiger partial charge >= 0.3 is 0 Å². The summed E-state index contributed by atoms with van der Waals surface area (Å²) in [4.78, 5) is 26.3. The first kappa shape index (κ1) is 24.2. The number of nitrogens with one attached hydrogen (secondary N) is 1. The molecule has 5 rings (SSSR count). The van der Waals surface area contributed by atoms with Gasteiger partial charge in [-0.2, -0.15) is 0 Å². The number of carbonyl (C=O) groups excluding carboxylic acids is 1. The maximum atomic E-state index is 13.2. The quantitative estimate of drug-likeness (QED) is 0.275. The monoisotopic (exact) mass is 481 g/mol. The number of fused-ring (bicyclic) bond motifs is 1. The zero-order chi connectivity index (χ0) is 24.6. The summed E-state index contributed by atoms with van der Waals surface area (Å²) >= 11 is 0. The van der Waals surface area contributed by atoms with Gasteiger partial charge in [0.25, 0.3) is 0 Å². The lowest BCUT2D eigenvalue weighted by Crippen LogP contribution is -2.35. The van der Waals surface area contributed by atoms with Gasteiger partial charge < -0.3 is 9.88 Å². The number of nitrogens with zero attached hydrogens (tertiary/aromatic N) is 4. The van der Waals surface area contributed by atoms with Crippen molar-refractivity contribution in [3.8, 4) is 11.1 Å². The summed E-state index contributed by atoms with van der Waals surface area (Å²) in [5.41, 5.74) is 4.27. The number of benzene rings is 1. The van der Waals surface area contributed by atoms with Crippen molar-refractivity contribution >= 4 is 16.9 Å². The fraction of sp³-hybridized carbons (Fsp3) is 0.400. The highest BCUT2D eigenvalue weighted by Gasteiger charge is 2.29. The number of hydrogen-bond acceptors (Lipinski definition) is 4. The van der Waals surface area contributed by atoms with Crippen LogP contribution in [-0.4, -0.2) is 25.4 Å². The smallest absolute Gasteiger partial charge is 0.223 e. The van der Waals surface area contributed by atoms with Crippen molar-refractivity contribution in [2.24, 2.45) is 11.8 Å². The fourth-order valence-electron chi connectivity index (χ4n) is 5.63. The van der Waals surface area contributed by atoms with E-state index in [1.807, 2.05) is 18.3 Å². The topological polar surface area (TPSA) is 72.7 Å². The Labute approximate surface area is 213 Å². The lowest BCUT2D eigenvalue weighted by molar-refractivity contribution is -0.127. The van der Waals surface area contributed by atoms with Crippen molar-refractivity contribution in [2.45, 2.75) is 64.5 Å². The summed E-state index contributed by atoms with van der Waals surface area (Å²) < 4.78 is 2.28. The van der Waals surface area contributed by atoms with E-state index in [1.165, 1.54) is 35.8 Å². The van der Waals surface area contributed by atoms with Gasteiger partial charge in [0.1, 0.15) is 5.65 Å². The van der Waals surface area contributed by atoms with Crippen LogP contribution in [0.5, 0.6) is 0 Å². The van der Waals surface area contributed by atoms with E-state index in [0.29, 0.717) is 12.5 Å². The van der Waals surface area contributed by atoms with Crippen LogP contribution in [-0.2, 0) is 17.9 Å². The highest BCUT2D eigenvalue weighted by molar-refractivity contribution is 5.94. The number of rotatable bonds is 10. The molecule has 1 unspecified atom stereocenters. The minimum Gasteiger partial charge on any atom is -0.350 e. The second kappa shape index (κ2) is 11.9. The van der Waals surface area contributed by atoms with E-state index in [2.05, 4.69) is 61.4 Å². The molecule has 3 aromatic heterocycles. The van der Waals surface area contributed by atoms with Crippen LogP contribution < -0.4 is 5.32 Å². The van der Waals surface area contributed by atoms with Crippen LogP contribution in [0.25, 0.3) is 22.2 Å². The van der Waals surface area contributed by atoms with Crippen molar-refractivity contribution in [3.63, 3.8) is 0 Å². The van der Waals surface area contributed by atoms with Crippen LogP contribution in [0.4, 0.5) is 0 Å². The van der Waals surface area contributed by atoms with Crippen molar-refractivity contribution < 1.29 is 4.79 Å². The Balaban J connectivity index is 1.23. The molecule has 6 nitrogen and oxygen atoms in total. The second-order valence-corrected chi connectivity index (χ2v) is 9.89. The zero-order valence-corrected chi connectivity index (χ0v) is 20.9. The predicted octanol–water partition coefficient (Wildman–Crippen LogP) is 6.18. The maximum absolute atomic E-state index is 13.2. The van der Waals surface area contributed by atoms with Crippen LogP contribution in [0.3, 0.4) is 0 Å². The zero-order valence-electron chi connectivity index (χ0n) is 20.9. The average Bonchev–Trinajstić information content (AvgIpc) is 3.32. The van der Waals surface area contributed by atoms with Gasteiger partial charge in [0.2, 0.25) is 5.91 Å². The van der Waals surface area contributed by atoms with Gasteiger partial charge in [-0.1, -0.05) is 56.0 Å². The molecule has 1 atom stereocenters. The standard InChI is InChI=1S/C30H35N5O/c36-30(34-21-25-20-31-17-18-32-25)26(23-10-3-1-4-11-23)14-7-8-19-35-22-28(24-12-5-2-6-13-24)27-15-9-16-33-29(27)35/h2,5-6,9,12-13,15-18,20,22-23,26H,1,3-4,7-8,10-11,14,19,21H2,(H,34,36). The first-order valence-corrected chi connectivity index (χ1v) is 13.3. The molecule has 36 heavy (non-hydrogen) atoms. The molecule has 0 saturated heterocycles. The number of carbonyl (C=O) groups is 1. The second-order valence-electron chi connectivity index (χ2n) is 9.89. The summed E-state index contributed by atoms with van der Waals surface area (Å²) in [6, 6.07) is 14.7. The van der Waals surface area contributed by atoms with Crippen molar-refractivity contribution in [1.82, 2.24) is 24.8 Å². The molecule has 1 aliphatic rings. The minimum atomic E-state index is 0.0707. The van der Waals surface area contributed by atoms with Crippen molar-refractivity contribution in [3.05, 3.63) is 79.1 Å². The molecule has 1 saturated carbocycles. The fourth-order valence-corrected chi connectivity index (χ4v) is 5.63. The lowest BCUT2D eigenvalue weighted by atomic mass is 9.77. The van der Waals surface area contributed by atoms with Gasteiger partial charge in [-0.3, -0.25) is 14.8 Å². The molecule has 0 radical (unpaired) electrons. The van der Waals surface area contributed by atoms with Gasteiger partial charge in [0.05, 0.1) is 18.4 Å². The summed E-state index contributed by atoms with van der Waals surface area (Å²) in [5, 5.41) is 4.33. The third kappa shape index (κ3) is 5.81. The molecular formula is C30H35N5O. The number of hydrogen-bond donors (Lipinski definition) is 1. The van der Waals surface area contributed by atoms with E-state index in [0.717, 1.165) is 50.0 Å². The molecule has 6 heteroatoms. The molecule has 3 heterocycles. The van der Waals surface area contributed by atoms with Crippen LogP contribution in [0.15, 0.2) is 73.4 Å². The first-order chi connectivity index (χ1) is 17.8. The van der Waals surface area contributed by atoms with Crippen LogP contribution in [0.2, 0.25) is 0 Å². The highest BCUT2D eigenvalue weighted by Crippen LogP contribution is 2.34. The molecule has 0 aliphatic heterocycles. The summed E-state index contributed by atoms with van der Waals surface area (Å²) in [7, 11) is 0. The Morgan fingerprint density at radius 2 is 1.83 bits per heavy atom. The molecular weight excluding hydrogens is 446 g/mol. The molecule has 186 valence electrons. The molecule has 1 N–H and O–H groups in total.